The Labute approximate surface area is 145 Å². The summed E-state index contributed by atoms with van der Waals surface area (Å²) in [6.45, 7) is 1.62. The van der Waals surface area contributed by atoms with Crippen molar-refractivity contribution in [1.82, 2.24) is 15.0 Å². The Morgan fingerprint density at radius 1 is 1.33 bits per heavy atom. The van der Waals surface area contributed by atoms with Crippen molar-refractivity contribution >= 4 is 38.5 Å². The number of aromatic amines is 1. The van der Waals surface area contributed by atoms with Crippen LogP contribution in [0.15, 0.2) is 45.9 Å². The first-order valence-electron chi connectivity index (χ1n) is 7.07. The highest BCUT2D eigenvalue weighted by molar-refractivity contribution is 9.10. The maximum atomic E-state index is 12.3. The number of hydrogen-bond donors (Lipinski definition) is 2. The van der Waals surface area contributed by atoms with E-state index in [1.807, 2.05) is 0 Å². The van der Waals surface area contributed by atoms with Crippen molar-refractivity contribution in [3.63, 3.8) is 0 Å². The van der Waals surface area contributed by atoms with Gasteiger partial charge in [0.1, 0.15) is 4.60 Å². The lowest BCUT2D eigenvalue weighted by Crippen LogP contribution is -2.18. The van der Waals surface area contributed by atoms with E-state index in [1.165, 1.54) is 12.3 Å². The molecule has 0 spiro atoms. The normalized spacial score (nSPS) is 12.1. The predicted molar refractivity (Wildman–Crippen MR) is 92.5 cm³/mol. The predicted octanol–water partition coefficient (Wildman–Crippen LogP) is 2.58. The van der Waals surface area contributed by atoms with Crippen molar-refractivity contribution < 1.29 is 9.53 Å². The summed E-state index contributed by atoms with van der Waals surface area (Å²) >= 11 is 3.16. The summed E-state index contributed by atoms with van der Waals surface area (Å²) in [7, 11) is 0. The zero-order valence-corrected chi connectivity index (χ0v) is 14.2. The van der Waals surface area contributed by atoms with Crippen LogP contribution in [0.1, 0.15) is 29.2 Å². The van der Waals surface area contributed by atoms with Gasteiger partial charge in [0.2, 0.25) is 0 Å². The highest BCUT2D eigenvalue weighted by Gasteiger charge is 2.19. The average Bonchev–Trinajstić information content (AvgIpc) is 2.57. The minimum Gasteiger partial charge on any atom is -0.451 e. The van der Waals surface area contributed by atoms with Crippen molar-refractivity contribution in [1.29, 1.82) is 0 Å². The van der Waals surface area contributed by atoms with Crippen molar-refractivity contribution in [3.05, 3.63) is 62.9 Å². The van der Waals surface area contributed by atoms with Crippen LogP contribution in [0.3, 0.4) is 0 Å². The number of aromatic nitrogens is 3. The number of nitrogens with two attached hydrogens (primary N) is 1. The van der Waals surface area contributed by atoms with Crippen LogP contribution in [0.25, 0.3) is 10.9 Å². The minimum atomic E-state index is -0.749. The van der Waals surface area contributed by atoms with Crippen LogP contribution in [0.4, 0.5) is 5.69 Å². The van der Waals surface area contributed by atoms with E-state index >= 15 is 0 Å². The van der Waals surface area contributed by atoms with Crippen LogP contribution in [-0.2, 0) is 4.74 Å². The van der Waals surface area contributed by atoms with Crippen LogP contribution < -0.4 is 11.3 Å². The first-order valence-corrected chi connectivity index (χ1v) is 7.86. The van der Waals surface area contributed by atoms with E-state index in [4.69, 9.17) is 10.5 Å². The molecule has 1 atom stereocenters. The smallest absolute Gasteiger partial charge is 0.341 e. The number of nitrogens with one attached hydrogen (secondary N) is 1. The monoisotopic (exact) mass is 388 g/mol. The molecule has 1 aromatic carbocycles. The van der Waals surface area contributed by atoms with Crippen molar-refractivity contribution in [3.8, 4) is 0 Å². The molecule has 0 aliphatic carbocycles. The lowest BCUT2D eigenvalue weighted by molar-refractivity contribution is 0.0321. The number of carbonyl (C=O) groups is 1. The number of nitrogen functional groups attached to an aromatic ring is 1. The second kappa shape index (κ2) is 6.40. The van der Waals surface area contributed by atoms with Crippen LogP contribution in [0.2, 0.25) is 0 Å². The largest absolute Gasteiger partial charge is 0.451 e. The number of ether oxygens (including phenoxy) is 1. The van der Waals surface area contributed by atoms with Gasteiger partial charge in [-0.15, -0.1) is 0 Å². The van der Waals surface area contributed by atoms with Crippen LogP contribution in [0.5, 0.6) is 0 Å². The van der Waals surface area contributed by atoms with E-state index < -0.39 is 12.1 Å². The number of para-hydroxylation sites is 1. The Hall–Kier alpha value is -2.74. The summed E-state index contributed by atoms with van der Waals surface area (Å²) in [5.41, 5.74) is 6.43. The van der Waals surface area contributed by atoms with Crippen LogP contribution in [0, 0.1) is 0 Å². The fourth-order valence-corrected chi connectivity index (χ4v) is 2.53. The molecule has 0 aliphatic rings. The molecule has 2 aromatic heterocycles. The molecule has 3 rings (SSSR count). The van der Waals surface area contributed by atoms with Gasteiger partial charge >= 0.3 is 5.97 Å². The van der Waals surface area contributed by atoms with Crippen molar-refractivity contribution in [2.75, 3.05) is 5.73 Å². The molecule has 122 valence electrons. The van der Waals surface area contributed by atoms with Gasteiger partial charge in [-0.05, 0) is 41.1 Å². The highest BCUT2D eigenvalue weighted by atomic mass is 79.9. The number of hydrogen-bond acceptors (Lipinski definition) is 6. The molecule has 8 heteroatoms. The molecule has 3 aromatic rings. The Kier molecular flexibility index (Phi) is 4.30. The summed E-state index contributed by atoms with van der Waals surface area (Å²) in [5, 5.41) is 0.474. The second-order valence-corrected chi connectivity index (χ2v) is 5.83. The number of carbonyl (C=O) groups excluding carboxylic acids is 1. The molecule has 1 unspecified atom stereocenters. The zero-order chi connectivity index (χ0) is 17.3. The van der Waals surface area contributed by atoms with Gasteiger partial charge in [0.25, 0.3) is 5.56 Å². The molecule has 0 aliphatic heterocycles. The molecule has 2 heterocycles. The molecular weight excluding hydrogens is 376 g/mol. The number of nitrogens with zero attached hydrogens (tertiary/aromatic N) is 2. The lowest BCUT2D eigenvalue weighted by atomic mass is 10.2. The summed E-state index contributed by atoms with van der Waals surface area (Å²) in [4.78, 5) is 35.3. The lowest BCUT2D eigenvalue weighted by Gasteiger charge is -2.14. The number of fused-ring (bicyclic) bond motifs is 1. The number of halogens is 1. The van der Waals surface area contributed by atoms with E-state index in [0.717, 1.165) is 0 Å². The van der Waals surface area contributed by atoms with E-state index in [0.29, 0.717) is 15.5 Å². The molecule has 0 bridgehead atoms. The number of anilines is 1. The fourth-order valence-electron chi connectivity index (χ4n) is 2.20. The zero-order valence-electron chi connectivity index (χ0n) is 12.6. The van der Waals surface area contributed by atoms with E-state index in [1.54, 1.807) is 31.2 Å². The first kappa shape index (κ1) is 16.1. The molecule has 0 fully saturated rings. The van der Waals surface area contributed by atoms with Crippen LogP contribution >= 0.6 is 15.9 Å². The Bertz CT molecular complexity index is 986. The van der Waals surface area contributed by atoms with Crippen molar-refractivity contribution in [2.45, 2.75) is 13.0 Å². The molecule has 0 saturated heterocycles. The van der Waals surface area contributed by atoms with Gasteiger partial charge in [0.05, 0.1) is 22.2 Å². The third-order valence-corrected chi connectivity index (χ3v) is 4.09. The summed E-state index contributed by atoms with van der Waals surface area (Å²) in [5.74, 6) is -0.363. The highest BCUT2D eigenvalue weighted by Crippen LogP contribution is 2.23. The molecule has 0 saturated carbocycles. The fraction of sp³-hybridized carbons (Fsp3) is 0.125. The van der Waals surface area contributed by atoms with Gasteiger partial charge in [-0.2, -0.15) is 0 Å². The van der Waals surface area contributed by atoms with E-state index in [9.17, 15) is 9.59 Å². The van der Waals surface area contributed by atoms with Gasteiger partial charge in [-0.1, -0.05) is 12.1 Å². The third-order valence-electron chi connectivity index (χ3n) is 3.46. The van der Waals surface area contributed by atoms with Crippen LogP contribution in [-0.4, -0.2) is 20.9 Å². The summed E-state index contributed by atoms with van der Waals surface area (Å²) < 4.78 is 5.72. The number of benzene rings is 1. The number of H-pyrrole nitrogens is 1. The number of esters is 1. The van der Waals surface area contributed by atoms with E-state index in [-0.39, 0.29) is 22.6 Å². The molecule has 7 nitrogen and oxygen atoms in total. The first-order chi connectivity index (χ1) is 11.5. The van der Waals surface area contributed by atoms with Gasteiger partial charge in [0, 0.05) is 6.20 Å². The molecular formula is C16H13BrN4O3. The molecule has 0 radical (unpaired) electrons. The SMILES string of the molecule is CC(OC(=O)c1ccnc(Br)c1N)c1nc2ccccc2c(=O)[nH]1. The summed E-state index contributed by atoms with van der Waals surface area (Å²) in [6.07, 6.45) is 0.693. The Morgan fingerprint density at radius 3 is 2.88 bits per heavy atom. The summed E-state index contributed by atoms with van der Waals surface area (Å²) in [6, 6.07) is 8.40. The standard InChI is InChI=1S/C16H13BrN4O3/c1-8(24-16(23)10-6-7-19-13(17)12(10)18)14-20-11-5-3-2-4-9(11)15(22)21-14/h2-8H,18H2,1H3,(H,20,21,22). The van der Waals surface area contributed by atoms with Gasteiger partial charge in [-0.25, -0.2) is 14.8 Å². The van der Waals surface area contributed by atoms with E-state index in [2.05, 4.69) is 30.9 Å². The van der Waals surface area contributed by atoms with Crippen molar-refractivity contribution in [2.24, 2.45) is 0 Å². The molecule has 24 heavy (non-hydrogen) atoms. The molecule has 3 N–H and O–H groups in total. The second-order valence-electron chi connectivity index (χ2n) is 5.08. The maximum absolute atomic E-state index is 12.3. The Balaban J connectivity index is 1.90. The number of rotatable bonds is 3. The molecule has 0 amide bonds. The van der Waals surface area contributed by atoms with Gasteiger partial charge < -0.3 is 15.5 Å². The van der Waals surface area contributed by atoms with Gasteiger partial charge in [-0.3, -0.25) is 4.79 Å². The third kappa shape index (κ3) is 3.00. The quantitative estimate of drug-likeness (QED) is 0.526. The topological polar surface area (TPSA) is 111 Å². The minimum absolute atomic E-state index is 0.187. The number of pyridine rings is 1. The van der Waals surface area contributed by atoms with Gasteiger partial charge in [0.15, 0.2) is 11.9 Å². The maximum Gasteiger partial charge on any atom is 0.341 e. The average molecular weight is 389 g/mol. The Morgan fingerprint density at radius 2 is 2.08 bits per heavy atom.